The molecule has 0 aliphatic carbocycles. The van der Waals surface area contributed by atoms with Crippen molar-refractivity contribution >= 4 is 5.95 Å². The highest BCUT2D eigenvalue weighted by atomic mass is 16.5. The average molecular weight is 265 g/mol. The van der Waals surface area contributed by atoms with Crippen molar-refractivity contribution in [2.24, 2.45) is 0 Å². The fraction of sp³-hybridized carbons (Fsp3) is 0.846. The van der Waals surface area contributed by atoms with E-state index in [0.717, 1.165) is 44.3 Å². The Morgan fingerprint density at radius 1 is 1.21 bits per heavy atom. The van der Waals surface area contributed by atoms with Gasteiger partial charge in [-0.25, -0.2) is 0 Å². The highest BCUT2D eigenvalue weighted by Gasteiger charge is 2.25. The van der Waals surface area contributed by atoms with Gasteiger partial charge < -0.3 is 15.0 Å². The number of nitrogens with one attached hydrogen (secondary N) is 2. The molecule has 0 bridgehead atoms. The lowest BCUT2D eigenvalue weighted by Gasteiger charge is -2.35. The second-order valence-corrected chi connectivity index (χ2v) is 5.75. The largest absolute Gasteiger partial charge is 0.370 e. The van der Waals surface area contributed by atoms with Crippen LogP contribution in [0.3, 0.4) is 0 Å². The van der Waals surface area contributed by atoms with E-state index in [4.69, 9.17) is 4.74 Å². The maximum absolute atomic E-state index is 5.74. The normalized spacial score (nSPS) is 32.5. The van der Waals surface area contributed by atoms with Crippen LogP contribution in [0.4, 0.5) is 5.95 Å². The summed E-state index contributed by atoms with van der Waals surface area (Å²) in [5, 5.41) is 10.9. The lowest BCUT2D eigenvalue weighted by molar-refractivity contribution is 0.00969. The molecule has 1 aromatic heterocycles. The molecule has 2 fully saturated rings. The monoisotopic (exact) mass is 265 g/mol. The van der Waals surface area contributed by atoms with E-state index < -0.39 is 0 Å². The lowest BCUT2D eigenvalue weighted by atomic mass is 10.1. The van der Waals surface area contributed by atoms with Gasteiger partial charge in [0, 0.05) is 31.8 Å². The van der Waals surface area contributed by atoms with E-state index in [-0.39, 0.29) is 6.10 Å². The Morgan fingerprint density at radius 2 is 2.00 bits per heavy atom. The van der Waals surface area contributed by atoms with Crippen LogP contribution in [-0.2, 0) is 4.74 Å². The zero-order valence-corrected chi connectivity index (χ0v) is 11.7. The van der Waals surface area contributed by atoms with Crippen LogP contribution in [0.2, 0.25) is 0 Å². The summed E-state index contributed by atoms with van der Waals surface area (Å²) in [6.07, 6.45) is 3.52. The van der Waals surface area contributed by atoms with E-state index in [1.807, 2.05) is 0 Å². The number of nitrogens with zero attached hydrogens (tertiary/aromatic N) is 3. The van der Waals surface area contributed by atoms with E-state index in [9.17, 15) is 0 Å². The zero-order valence-electron chi connectivity index (χ0n) is 11.7. The Balaban J connectivity index is 1.69. The van der Waals surface area contributed by atoms with Gasteiger partial charge in [-0.3, -0.25) is 5.10 Å². The molecule has 0 aromatic carbocycles. The van der Waals surface area contributed by atoms with E-state index in [0.29, 0.717) is 12.1 Å². The summed E-state index contributed by atoms with van der Waals surface area (Å²) in [7, 11) is 0. The predicted molar refractivity (Wildman–Crippen MR) is 73.2 cm³/mol. The summed E-state index contributed by atoms with van der Waals surface area (Å²) >= 11 is 0. The molecule has 2 N–H and O–H groups in total. The molecule has 2 saturated heterocycles. The van der Waals surface area contributed by atoms with Gasteiger partial charge in [-0.2, -0.15) is 4.98 Å². The zero-order chi connectivity index (χ0) is 13.2. The van der Waals surface area contributed by atoms with Crippen molar-refractivity contribution in [3.8, 4) is 0 Å². The van der Waals surface area contributed by atoms with Crippen molar-refractivity contribution in [1.29, 1.82) is 0 Å². The van der Waals surface area contributed by atoms with Crippen molar-refractivity contribution in [3.63, 3.8) is 0 Å². The van der Waals surface area contributed by atoms with E-state index in [2.05, 4.69) is 39.2 Å². The lowest BCUT2D eigenvalue weighted by Crippen LogP contribution is -2.54. The molecule has 2 aliphatic rings. The molecule has 2 aliphatic heterocycles. The average Bonchev–Trinajstić information content (AvgIpc) is 2.88. The van der Waals surface area contributed by atoms with E-state index in [1.54, 1.807) is 0 Å². The highest BCUT2D eigenvalue weighted by Crippen LogP contribution is 2.26. The molecule has 3 atom stereocenters. The second kappa shape index (κ2) is 5.46. The first kappa shape index (κ1) is 12.9. The summed E-state index contributed by atoms with van der Waals surface area (Å²) in [6, 6.07) is 0.938. The molecular formula is C13H23N5O. The summed E-state index contributed by atoms with van der Waals surface area (Å²) in [4.78, 5) is 6.88. The van der Waals surface area contributed by atoms with E-state index in [1.165, 1.54) is 6.42 Å². The third-order valence-corrected chi connectivity index (χ3v) is 3.82. The molecule has 0 radical (unpaired) electrons. The van der Waals surface area contributed by atoms with Gasteiger partial charge in [-0.1, -0.05) is 0 Å². The number of piperazine rings is 1. The van der Waals surface area contributed by atoms with Gasteiger partial charge in [0.25, 0.3) is 0 Å². The van der Waals surface area contributed by atoms with Gasteiger partial charge in [0.15, 0.2) is 5.82 Å². The minimum atomic E-state index is 0.104. The van der Waals surface area contributed by atoms with Crippen LogP contribution in [0.5, 0.6) is 0 Å². The van der Waals surface area contributed by atoms with Gasteiger partial charge in [-0.15, -0.1) is 5.10 Å². The minimum Gasteiger partial charge on any atom is -0.370 e. The molecule has 3 heterocycles. The van der Waals surface area contributed by atoms with Crippen molar-refractivity contribution in [3.05, 3.63) is 5.82 Å². The first-order chi connectivity index (χ1) is 9.22. The Bertz CT molecular complexity index is 405. The van der Waals surface area contributed by atoms with Gasteiger partial charge in [0.05, 0.1) is 0 Å². The molecule has 3 rings (SSSR count). The number of anilines is 1. The SMILES string of the molecule is CC1CN(c2n[nH]c(C3CCCCO3)n2)CC(C)N1. The van der Waals surface area contributed by atoms with Crippen LogP contribution in [0.25, 0.3) is 0 Å². The maximum Gasteiger partial charge on any atom is 0.244 e. The summed E-state index contributed by atoms with van der Waals surface area (Å²) in [5.41, 5.74) is 0. The van der Waals surface area contributed by atoms with Crippen LogP contribution in [-0.4, -0.2) is 47.0 Å². The van der Waals surface area contributed by atoms with Crippen molar-refractivity contribution in [2.75, 3.05) is 24.6 Å². The van der Waals surface area contributed by atoms with Crippen LogP contribution in [0.15, 0.2) is 0 Å². The van der Waals surface area contributed by atoms with Crippen LogP contribution >= 0.6 is 0 Å². The Hall–Kier alpha value is -1.14. The molecule has 0 saturated carbocycles. The molecule has 1 aromatic rings. The first-order valence-electron chi connectivity index (χ1n) is 7.27. The molecular weight excluding hydrogens is 242 g/mol. The van der Waals surface area contributed by atoms with Gasteiger partial charge >= 0.3 is 0 Å². The molecule has 19 heavy (non-hydrogen) atoms. The van der Waals surface area contributed by atoms with Crippen LogP contribution in [0, 0.1) is 0 Å². The highest BCUT2D eigenvalue weighted by molar-refractivity contribution is 5.31. The third-order valence-electron chi connectivity index (χ3n) is 3.82. The van der Waals surface area contributed by atoms with Crippen molar-refractivity contribution < 1.29 is 4.74 Å². The summed E-state index contributed by atoms with van der Waals surface area (Å²) in [6.45, 7) is 7.13. The van der Waals surface area contributed by atoms with Crippen molar-refractivity contribution in [1.82, 2.24) is 20.5 Å². The molecule has 6 heteroatoms. The van der Waals surface area contributed by atoms with Gasteiger partial charge in [-0.05, 0) is 33.1 Å². The number of aromatic nitrogens is 3. The summed E-state index contributed by atoms with van der Waals surface area (Å²) < 4.78 is 5.74. The van der Waals surface area contributed by atoms with Crippen molar-refractivity contribution in [2.45, 2.75) is 51.3 Å². The van der Waals surface area contributed by atoms with Crippen LogP contribution < -0.4 is 10.2 Å². The standard InChI is InChI=1S/C13H23N5O/c1-9-7-18(8-10(2)14-9)13-15-12(16-17-13)11-5-3-4-6-19-11/h9-11,14H,3-8H2,1-2H3,(H,15,16,17). The maximum atomic E-state index is 5.74. The number of rotatable bonds is 2. The predicted octanol–water partition coefficient (Wildman–Crippen LogP) is 1.23. The molecule has 6 nitrogen and oxygen atoms in total. The Labute approximate surface area is 113 Å². The molecule has 3 unspecified atom stereocenters. The first-order valence-corrected chi connectivity index (χ1v) is 7.27. The van der Waals surface area contributed by atoms with E-state index >= 15 is 0 Å². The second-order valence-electron chi connectivity index (χ2n) is 5.75. The van der Waals surface area contributed by atoms with Gasteiger partial charge in [0.2, 0.25) is 5.95 Å². The minimum absolute atomic E-state index is 0.104. The molecule has 106 valence electrons. The number of aromatic amines is 1. The number of hydrogen-bond donors (Lipinski definition) is 2. The van der Waals surface area contributed by atoms with Crippen LogP contribution in [0.1, 0.15) is 45.0 Å². The Kier molecular flexibility index (Phi) is 3.70. The fourth-order valence-electron chi connectivity index (χ4n) is 3.00. The number of ether oxygens (including phenoxy) is 1. The molecule has 0 amide bonds. The quantitative estimate of drug-likeness (QED) is 0.842. The number of hydrogen-bond acceptors (Lipinski definition) is 5. The summed E-state index contributed by atoms with van der Waals surface area (Å²) in [5.74, 6) is 1.69. The molecule has 0 spiro atoms. The third kappa shape index (κ3) is 2.90. The fourth-order valence-corrected chi connectivity index (χ4v) is 3.00. The topological polar surface area (TPSA) is 66.1 Å². The number of H-pyrrole nitrogens is 1. The Morgan fingerprint density at radius 3 is 2.68 bits per heavy atom. The van der Waals surface area contributed by atoms with Gasteiger partial charge in [0.1, 0.15) is 6.10 Å². The smallest absolute Gasteiger partial charge is 0.244 e.